The molecular formula is C18H29FN4O. The van der Waals surface area contributed by atoms with Gasteiger partial charge >= 0.3 is 0 Å². The van der Waals surface area contributed by atoms with Crippen LogP contribution in [0.3, 0.4) is 0 Å². The summed E-state index contributed by atoms with van der Waals surface area (Å²) in [7, 11) is 4.20. The molecule has 1 N–H and O–H groups in total. The molecule has 1 aromatic rings. The fraction of sp³-hybridized carbons (Fsp3) is 0.611. The highest BCUT2D eigenvalue weighted by Gasteiger charge is 2.18. The quantitative estimate of drug-likeness (QED) is 0.769. The third-order valence-corrected chi connectivity index (χ3v) is 4.29. The zero-order valence-corrected chi connectivity index (χ0v) is 14.8. The summed E-state index contributed by atoms with van der Waals surface area (Å²) in [6.07, 6.45) is 1.18. The Morgan fingerprint density at radius 3 is 2.58 bits per heavy atom. The van der Waals surface area contributed by atoms with Crippen LogP contribution in [0.1, 0.15) is 12.0 Å². The lowest BCUT2D eigenvalue weighted by atomic mass is 10.2. The van der Waals surface area contributed by atoms with Gasteiger partial charge in [0.1, 0.15) is 5.82 Å². The van der Waals surface area contributed by atoms with Gasteiger partial charge in [-0.05, 0) is 51.3 Å². The predicted octanol–water partition coefficient (Wildman–Crippen LogP) is 1.01. The molecule has 6 heteroatoms. The number of nitrogens with zero attached hydrogens (tertiary/aromatic N) is 3. The van der Waals surface area contributed by atoms with Crippen LogP contribution in [0.4, 0.5) is 4.39 Å². The number of carbonyl (C=O) groups excluding carboxylic acids is 1. The van der Waals surface area contributed by atoms with Gasteiger partial charge < -0.3 is 15.1 Å². The van der Waals surface area contributed by atoms with Crippen LogP contribution in [0.5, 0.6) is 0 Å². The highest BCUT2D eigenvalue weighted by atomic mass is 19.1. The normalized spacial score (nSPS) is 16.5. The van der Waals surface area contributed by atoms with Crippen molar-refractivity contribution < 1.29 is 9.18 Å². The Morgan fingerprint density at radius 2 is 1.92 bits per heavy atom. The summed E-state index contributed by atoms with van der Waals surface area (Å²) in [6.45, 7) is 6.92. The van der Waals surface area contributed by atoms with E-state index in [1.54, 1.807) is 6.07 Å². The monoisotopic (exact) mass is 336 g/mol. The summed E-state index contributed by atoms with van der Waals surface area (Å²) in [6, 6.07) is 6.33. The SMILES string of the molecule is CN(C)CCCN1CCN(CC(=O)NCc2cccc(F)c2)CC1. The molecule has 1 aliphatic rings. The van der Waals surface area contributed by atoms with Gasteiger partial charge in [-0.1, -0.05) is 12.1 Å². The average Bonchev–Trinajstić information content (AvgIpc) is 2.54. The predicted molar refractivity (Wildman–Crippen MR) is 94.3 cm³/mol. The molecule has 0 aromatic heterocycles. The molecule has 1 fully saturated rings. The highest BCUT2D eigenvalue weighted by Crippen LogP contribution is 2.04. The molecule has 24 heavy (non-hydrogen) atoms. The molecule has 0 saturated carbocycles. The minimum atomic E-state index is -0.271. The van der Waals surface area contributed by atoms with Gasteiger partial charge in [-0.2, -0.15) is 0 Å². The minimum absolute atomic E-state index is 0.000295. The summed E-state index contributed by atoms with van der Waals surface area (Å²) in [5, 5.41) is 2.87. The zero-order chi connectivity index (χ0) is 17.4. The van der Waals surface area contributed by atoms with E-state index in [2.05, 4.69) is 34.1 Å². The second-order valence-electron chi connectivity index (χ2n) is 6.68. The van der Waals surface area contributed by atoms with Crippen molar-refractivity contribution >= 4 is 5.91 Å². The maximum atomic E-state index is 13.1. The number of piperazine rings is 1. The highest BCUT2D eigenvalue weighted by molar-refractivity contribution is 5.78. The fourth-order valence-corrected chi connectivity index (χ4v) is 2.89. The average molecular weight is 336 g/mol. The third-order valence-electron chi connectivity index (χ3n) is 4.29. The molecule has 1 aromatic carbocycles. The first-order chi connectivity index (χ1) is 11.5. The molecule has 0 radical (unpaired) electrons. The van der Waals surface area contributed by atoms with Gasteiger partial charge in [0.05, 0.1) is 6.54 Å². The molecule has 0 bridgehead atoms. The van der Waals surface area contributed by atoms with Crippen LogP contribution in [-0.4, -0.2) is 80.5 Å². The van der Waals surface area contributed by atoms with Crippen molar-refractivity contribution in [2.24, 2.45) is 0 Å². The third kappa shape index (κ3) is 6.95. The second kappa shape index (κ2) is 9.71. The van der Waals surface area contributed by atoms with Crippen molar-refractivity contribution in [3.05, 3.63) is 35.6 Å². The topological polar surface area (TPSA) is 38.8 Å². The molecule has 1 heterocycles. The van der Waals surface area contributed by atoms with E-state index in [9.17, 15) is 9.18 Å². The van der Waals surface area contributed by atoms with Crippen molar-refractivity contribution in [1.82, 2.24) is 20.0 Å². The lowest BCUT2D eigenvalue weighted by molar-refractivity contribution is -0.122. The van der Waals surface area contributed by atoms with Gasteiger partial charge in [0, 0.05) is 32.7 Å². The van der Waals surface area contributed by atoms with E-state index in [-0.39, 0.29) is 11.7 Å². The molecule has 1 saturated heterocycles. The molecule has 5 nitrogen and oxygen atoms in total. The maximum Gasteiger partial charge on any atom is 0.234 e. The van der Waals surface area contributed by atoms with E-state index >= 15 is 0 Å². The van der Waals surface area contributed by atoms with E-state index in [1.165, 1.54) is 18.6 Å². The second-order valence-corrected chi connectivity index (χ2v) is 6.68. The van der Waals surface area contributed by atoms with Crippen molar-refractivity contribution in [2.45, 2.75) is 13.0 Å². The van der Waals surface area contributed by atoms with Crippen LogP contribution < -0.4 is 5.32 Å². The van der Waals surface area contributed by atoms with Crippen LogP contribution in [0.2, 0.25) is 0 Å². The molecule has 0 spiro atoms. The smallest absolute Gasteiger partial charge is 0.234 e. The van der Waals surface area contributed by atoms with Crippen LogP contribution in [0.25, 0.3) is 0 Å². The number of hydrogen-bond donors (Lipinski definition) is 1. The Morgan fingerprint density at radius 1 is 1.21 bits per heavy atom. The van der Waals surface area contributed by atoms with E-state index in [0.717, 1.165) is 44.8 Å². The number of benzene rings is 1. The number of rotatable bonds is 8. The van der Waals surface area contributed by atoms with Gasteiger partial charge in [-0.3, -0.25) is 9.69 Å². The van der Waals surface area contributed by atoms with Gasteiger partial charge in [-0.25, -0.2) is 4.39 Å². The number of carbonyl (C=O) groups is 1. The largest absolute Gasteiger partial charge is 0.351 e. The van der Waals surface area contributed by atoms with Crippen LogP contribution in [0.15, 0.2) is 24.3 Å². The maximum absolute atomic E-state index is 13.1. The van der Waals surface area contributed by atoms with Crippen molar-refractivity contribution in [3.8, 4) is 0 Å². The lowest BCUT2D eigenvalue weighted by Crippen LogP contribution is -2.49. The molecule has 1 aliphatic heterocycles. The number of amides is 1. The fourth-order valence-electron chi connectivity index (χ4n) is 2.89. The molecule has 0 aliphatic carbocycles. The summed E-state index contributed by atoms with van der Waals surface area (Å²) in [5.41, 5.74) is 0.786. The number of hydrogen-bond acceptors (Lipinski definition) is 4. The molecular weight excluding hydrogens is 307 g/mol. The van der Waals surface area contributed by atoms with Crippen molar-refractivity contribution in [2.75, 3.05) is 59.9 Å². The summed E-state index contributed by atoms with van der Waals surface area (Å²) < 4.78 is 13.1. The van der Waals surface area contributed by atoms with Crippen LogP contribution in [-0.2, 0) is 11.3 Å². The summed E-state index contributed by atoms with van der Waals surface area (Å²) >= 11 is 0. The Balaban J connectivity index is 1.61. The lowest BCUT2D eigenvalue weighted by Gasteiger charge is -2.34. The molecule has 134 valence electrons. The number of halogens is 1. The number of nitrogens with one attached hydrogen (secondary N) is 1. The first-order valence-electron chi connectivity index (χ1n) is 8.63. The Labute approximate surface area is 144 Å². The zero-order valence-electron chi connectivity index (χ0n) is 14.8. The molecule has 1 amide bonds. The molecule has 0 unspecified atom stereocenters. The van der Waals surface area contributed by atoms with E-state index in [4.69, 9.17) is 0 Å². The Bertz CT molecular complexity index is 515. The van der Waals surface area contributed by atoms with E-state index in [0.29, 0.717) is 13.1 Å². The van der Waals surface area contributed by atoms with Crippen LogP contribution >= 0.6 is 0 Å². The Hall–Kier alpha value is -1.50. The standard InChI is InChI=1S/C18H29FN4O/c1-21(2)7-4-8-22-9-11-23(12-10-22)15-18(24)20-14-16-5-3-6-17(19)13-16/h3,5-6,13H,4,7-12,14-15H2,1-2H3,(H,20,24). The van der Waals surface area contributed by atoms with Gasteiger partial charge in [-0.15, -0.1) is 0 Å². The van der Waals surface area contributed by atoms with Gasteiger partial charge in [0.2, 0.25) is 5.91 Å². The first-order valence-corrected chi connectivity index (χ1v) is 8.63. The van der Waals surface area contributed by atoms with Crippen molar-refractivity contribution in [3.63, 3.8) is 0 Å². The minimum Gasteiger partial charge on any atom is -0.351 e. The first kappa shape index (κ1) is 18.8. The van der Waals surface area contributed by atoms with Gasteiger partial charge in [0.25, 0.3) is 0 Å². The van der Waals surface area contributed by atoms with Crippen molar-refractivity contribution in [1.29, 1.82) is 0 Å². The Kier molecular flexibility index (Phi) is 7.62. The van der Waals surface area contributed by atoms with Crippen LogP contribution in [0, 0.1) is 5.82 Å². The molecule has 2 rings (SSSR count). The molecule has 0 atom stereocenters. The van der Waals surface area contributed by atoms with Gasteiger partial charge in [0.15, 0.2) is 0 Å². The summed E-state index contributed by atoms with van der Waals surface area (Å²) in [5.74, 6) is -0.271. The van der Waals surface area contributed by atoms with E-state index < -0.39 is 0 Å². The van der Waals surface area contributed by atoms with E-state index in [1.807, 2.05) is 6.07 Å². The summed E-state index contributed by atoms with van der Waals surface area (Å²) in [4.78, 5) is 18.9.